The Kier molecular flexibility index (Phi) is 3.01. The molecule has 0 radical (unpaired) electrons. The molecule has 2 heterocycles. The monoisotopic (exact) mass is 233 g/mol. The Morgan fingerprint density at radius 1 is 1.38 bits per heavy atom. The Hall–Kier alpha value is -1.68. The molecule has 0 atom stereocenters. The SMILES string of the molecule is COc1cncc(C(=O)c2ccc(C)s2)c1. The van der Waals surface area contributed by atoms with Crippen molar-refractivity contribution >= 4 is 17.1 Å². The highest BCUT2D eigenvalue weighted by atomic mass is 32.1. The largest absolute Gasteiger partial charge is 0.495 e. The summed E-state index contributed by atoms with van der Waals surface area (Å²) in [6, 6.07) is 5.47. The summed E-state index contributed by atoms with van der Waals surface area (Å²) in [6.07, 6.45) is 3.14. The summed E-state index contributed by atoms with van der Waals surface area (Å²) in [5, 5.41) is 0. The van der Waals surface area contributed by atoms with Gasteiger partial charge in [-0.3, -0.25) is 9.78 Å². The molecule has 0 fully saturated rings. The van der Waals surface area contributed by atoms with Crippen LogP contribution >= 0.6 is 11.3 Å². The van der Waals surface area contributed by atoms with Gasteiger partial charge in [0.2, 0.25) is 5.78 Å². The number of ketones is 1. The van der Waals surface area contributed by atoms with Crippen molar-refractivity contribution in [1.82, 2.24) is 4.98 Å². The number of hydrogen-bond donors (Lipinski definition) is 0. The number of hydrogen-bond acceptors (Lipinski definition) is 4. The molecule has 3 nitrogen and oxygen atoms in total. The Morgan fingerprint density at radius 2 is 2.19 bits per heavy atom. The minimum Gasteiger partial charge on any atom is -0.495 e. The van der Waals surface area contributed by atoms with Crippen molar-refractivity contribution in [2.75, 3.05) is 7.11 Å². The average Bonchev–Trinajstić information content (AvgIpc) is 2.75. The van der Waals surface area contributed by atoms with Gasteiger partial charge in [0.05, 0.1) is 18.2 Å². The first-order valence-corrected chi connectivity index (χ1v) is 5.62. The fraction of sp³-hybridized carbons (Fsp3) is 0.167. The third-order valence-electron chi connectivity index (χ3n) is 2.18. The van der Waals surface area contributed by atoms with E-state index in [0.717, 1.165) is 9.75 Å². The first-order valence-electron chi connectivity index (χ1n) is 4.81. The summed E-state index contributed by atoms with van der Waals surface area (Å²) < 4.78 is 5.03. The fourth-order valence-corrected chi connectivity index (χ4v) is 2.18. The summed E-state index contributed by atoms with van der Waals surface area (Å²) in [7, 11) is 1.56. The third kappa shape index (κ3) is 2.12. The average molecular weight is 233 g/mol. The maximum Gasteiger partial charge on any atom is 0.204 e. The van der Waals surface area contributed by atoms with E-state index in [0.29, 0.717) is 11.3 Å². The van der Waals surface area contributed by atoms with Crippen LogP contribution in [0, 0.1) is 6.92 Å². The second-order valence-corrected chi connectivity index (χ2v) is 4.64. The van der Waals surface area contributed by atoms with Gasteiger partial charge in [-0.15, -0.1) is 11.3 Å². The molecule has 2 rings (SSSR count). The maximum absolute atomic E-state index is 12.0. The summed E-state index contributed by atoms with van der Waals surface area (Å²) in [6.45, 7) is 1.98. The molecule has 0 unspecified atom stereocenters. The van der Waals surface area contributed by atoms with Crippen molar-refractivity contribution in [3.05, 3.63) is 45.9 Å². The molecule has 2 aromatic rings. The molecule has 16 heavy (non-hydrogen) atoms. The Morgan fingerprint density at radius 3 is 2.81 bits per heavy atom. The zero-order chi connectivity index (χ0) is 11.5. The van der Waals surface area contributed by atoms with Crippen LogP contribution in [0.3, 0.4) is 0 Å². The van der Waals surface area contributed by atoms with Crippen LogP contribution < -0.4 is 4.74 Å². The second kappa shape index (κ2) is 4.45. The summed E-state index contributed by atoms with van der Waals surface area (Å²) in [5.74, 6) is 0.587. The highest BCUT2D eigenvalue weighted by Gasteiger charge is 2.12. The van der Waals surface area contributed by atoms with E-state index in [9.17, 15) is 4.79 Å². The predicted octanol–water partition coefficient (Wildman–Crippen LogP) is 2.69. The number of carbonyl (C=O) groups excluding carboxylic acids is 1. The van der Waals surface area contributed by atoms with E-state index in [2.05, 4.69) is 4.98 Å². The lowest BCUT2D eigenvalue weighted by atomic mass is 10.1. The van der Waals surface area contributed by atoms with Crippen molar-refractivity contribution in [2.45, 2.75) is 6.92 Å². The van der Waals surface area contributed by atoms with Crippen molar-refractivity contribution in [3.63, 3.8) is 0 Å². The first kappa shape index (κ1) is 10.8. The summed E-state index contributed by atoms with van der Waals surface area (Å²) >= 11 is 1.49. The molecule has 0 aliphatic rings. The van der Waals surface area contributed by atoms with E-state index in [1.807, 2.05) is 19.1 Å². The van der Waals surface area contributed by atoms with Crippen LogP contribution in [0.15, 0.2) is 30.6 Å². The van der Waals surface area contributed by atoms with E-state index in [-0.39, 0.29) is 5.78 Å². The van der Waals surface area contributed by atoms with Crippen LogP contribution in [0.5, 0.6) is 5.75 Å². The fourth-order valence-electron chi connectivity index (χ4n) is 1.35. The van der Waals surface area contributed by atoms with E-state index >= 15 is 0 Å². The van der Waals surface area contributed by atoms with Gasteiger partial charge in [-0.1, -0.05) is 0 Å². The Labute approximate surface area is 97.7 Å². The summed E-state index contributed by atoms with van der Waals surface area (Å²) in [4.78, 5) is 17.9. The minimum absolute atomic E-state index is 0.00972. The number of carbonyl (C=O) groups is 1. The normalized spacial score (nSPS) is 10.1. The Bertz CT molecular complexity index is 519. The van der Waals surface area contributed by atoms with Gasteiger partial charge >= 0.3 is 0 Å². The highest BCUT2D eigenvalue weighted by molar-refractivity contribution is 7.14. The van der Waals surface area contributed by atoms with Crippen molar-refractivity contribution < 1.29 is 9.53 Å². The number of pyridine rings is 1. The van der Waals surface area contributed by atoms with Gasteiger partial charge in [0, 0.05) is 16.6 Å². The standard InChI is InChI=1S/C12H11NO2S/c1-8-3-4-11(16-8)12(14)9-5-10(15-2)7-13-6-9/h3-7H,1-2H3. The van der Waals surface area contributed by atoms with Crippen molar-refractivity contribution in [1.29, 1.82) is 0 Å². The van der Waals surface area contributed by atoms with Crippen molar-refractivity contribution in [2.24, 2.45) is 0 Å². The molecule has 0 N–H and O–H groups in total. The third-order valence-corrected chi connectivity index (χ3v) is 3.17. The molecular formula is C12H11NO2S. The quantitative estimate of drug-likeness (QED) is 0.765. The van der Waals surface area contributed by atoms with Crippen LogP contribution in [0.25, 0.3) is 0 Å². The van der Waals surface area contributed by atoms with E-state index in [4.69, 9.17) is 4.74 Å². The molecule has 0 spiro atoms. The van der Waals surface area contributed by atoms with Gasteiger partial charge in [-0.2, -0.15) is 0 Å². The molecule has 82 valence electrons. The van der Waals surface area contributed by atoms with Crippen LogP contribution in [0.2, 0.25) is 0 Å². The van der Waals surface area contributed by atoms with E-state index in [1.165, 1.54) is 11.3 Å². The molecule has 0 amide bonds. The number of rotatable bonds is 3. The lowest BCUT2D eigenvalue weighted by Crippen LogP contribution is -1.99. The van der Waals surface area contributed by atoms with Gasteiger partial charge in [0.25, 0.3) is 0 Å². The topological polar surface area (TPSA) is 39.2 Å². The van der Waals surface area contributed by atoms with Crippen LogP contribution in [0.4, 0.5) is 0 Å². The number of aryl methyl sites for hydroxylation is 1. The molecular weight excluding hydrogens is 222 g/mol. The molecule has 2 aromatic heterocycles. The second-order valence-electron chi connectivity index (χ2n) is 3.35. The van der Waals surface area contributed by atoms with E-state index < -0.39 is 0 Å². The maximum atomic E-state index is 12.0. The number of thiophene rings is 1. The minimum atomic E-state index is -0.00972. The van der Waals surface area contributed by atoms with Gasteiger partial charge in [-0.05, 0) is 25.1 Å². The lowest BCUT2D eigenvalue weighted by Gasteiger charge is -2.01. The smallest absolute Gasteiger partial charge is 0.204 e. The number of methoxy groups -OCH3 is 1. The van der Waals surface area contributed by atoms with E-state index in [1.54, 1.807) is 25.6 Å². The van der Waals surface area contributed by atoms with Gasteiger partial charge in [0.1, 0.15) is 5.75 Å². The zero-order valence-electron chi connectivity index (χ0n) is 9.06. The Balaban J connectivity index is 2.33. The number of aromatic nitrogens is 1. The van der Waals surface area contributed by atoms with Crippen LogP contribution in [-0.2, 0) is 0 Å². The van der Waals surface area contributed by atoms with Gasteiger partial charge in [-0.25, -0.2) is 0 Å². The first-order chi connectivity index (χ1) is 7.70. The highest BCUT2D eigenvalue weighted by Crippen LogP contribution is 2.20. The molecule has 0 saturated carbocycles. The van der Waals surface area contributed by atoms with Crippen LogP contribution in [0.1, 0.15) is 20.1 Å². The molecule has 0 aliphatic carbocycles. The van der Waals surface area contributed by atoms with Gasteiger partial charge < -0.3 is 4.74 Å². The molecule has 0 saturated heterocycles. The molecule has 0 aromatic carbocycles. The lowest BCUT2D eigenvalue weighted by molar-refractivity contribution is 0.104. The predicted molar refractivity (Wildman–Crippen MR) is 63.3 cm³/mol. The van der Waals surface area contributed by atoms with Crippen molar-refractivity contribution in [3.8, 4) is 5.75 Å². The number of nitrogens with zero attached hydrogens (tertiary/aromatic N) is 1. The molecule has 4 heteroatoms. The van der Waals surface area contributed by atoms with Gasteiger partial charge in [0.15, 0.2) is 0 Å². The number of ether oxygens (including phenoxy) is 1. The molecule has 0 aliphatic heterocycles. The van der Waals surface area contributed by atoms with Crippen LogP contribution in [-0.4, -0.2) is 17.9 Å². The summed E-state index contributed by atoms with van der Waals surface area (Å²) in [5.41, 5.74) is 0.557. The molecule has 0 bridgehead atoms. The zero-order valence-corrected chi connectivity index (χ0v) is 9.88.